The fourth-order valence-electron chi connectivity index (χ4n) is 6.90. The first-order valence-corrected chi connectivity index (χ1v) is 16.1. The number of hydrogen-bond acceptors (Lipinski definition) is 9. The Kier molecular flexibility index (Phi) is 12.9. The molecule has 0 aromatic heterocycles. The van der Waals surface area contributed by atoms with Crippen LogP contribution in [-0.4, -0.2) is 98.9 Å². The van der Waals surface area contributed by atoms with Gasteiger partial charge in [-0.2, -0.15) is 0 Å². The molecule has 5 amide bonds. The molecule has 45 heavy (non-hydrogen) atoms. The largest absolute Gasteiger partial charge is 0.464 e. The van der Waals surface area contributed by atoms with E-state index in [1.807, 2.05) is 20.8 Å². The Hall–Kier alpha value is -3.58. The van der Waals surface area contributed by atoms with Crippen molar-refractivity contribution < 1.29 is 43.0 Å². The normalized spacial score (nSPS) is 23.5. The lowest BCUT2D eigenvalue weighted by Gasteiger charge is -2.38. The monoisotopic (exact) mass is 637 g/mol. The number of nitrogens with one attached hydrogen (secondary N) is 4. The Morgan fingerprint density at radius 1 is 0.822 bits per heavy atom. The first kappa shape index (κ1) is 35.9. The third kappa shape index (κ3) is 9.23. The van der Waals surface area contributed by atoms with Gasteiger partial charge in [-0.1, -0.05) is 46.5 Å². The van der Waals surface area contributed by atoms with E-state index in [9.17, 15) is 28.8 Å². The molecule has 6 atom stereocenters. The number of rotatable bonds is 11. The molecule has 2 aliphatic carbocycles. The number of fused-ring (bicyclic) bond motifs is 1. The molecule has 2 saturated carbocycles. The van der Waals surface area contributed by atoms with E-state index in [4.69, 9.17) is 4.74 Å². The van der Waals surface area contributed by atoms with Crippen molar-refractivity contribution in [2.45, 2.75) is 103 Å². The number of nitrogens with zero attached hydrogens (tertiary/aromatic N) is 1. The third-order valence-corrected chi connectivity index (χ3v) is 9.23. The van der Waals surface area contributed by atoms with Crippen molar-refractivity contribution in [2.24, 2.45) is 23.2 Å². The molecule has 14 heteroatoms. The van der Waals surface area contributed by atoms with Crippen molar-refractivity contribution >= 4 is 35.9 Å². The Bertz CT molecular complexity index is 1090. The highest BCUT2D eigenvalue weighted by Gasteiger charge is 2.52. The lowest BCUT2D eigenvalue weighted by atomic mass is 9.82. The molecule has 0 aromatic rings. The minimum Gasteiger partial charge on any atom is -0.464 e. The minimum atomic E-state index is -1.27. The van der Waals surface area contributed by atoms with E-state index in [-0.39, 0.29) is 36.8 Å². The van der Waals surface area contributed by atoms with Crippen molar-refractivity contribution in [3.63, 3.8) is 0 Å². The topological polar surface area (TPSA) is 181 Å². The number of esters is 1. The molecule has 254 valence electrons. The summed E-state index contributed by atoms with van der Waals surface area (Å²) in [6.07, 6.45) is 5.18. The van der Waals surface area contributed by atoms with Gasteiger partial charge >= 0.3 is 18.2 Å². The fourth-order valence-corrected chi connectivity index (χ4v) is 6.90. The van der Waals surface area contributed by atoms with E-state index in [0.29, 0.717) is 19.4 Å². The minimum absolute atomic E-state index is 0.0245. The molecule has 0 bridgehead atoms. The lowest BCUT2D eigenvalue weighted by Crippen LogP contribution is -2.63. The first-order valence-electron chi connectivity index (χ1n) is 16.1. The van der Waals surface area contributed by atoms with Gasteiger partial charge in [0, 0.05) is 6.54 Å². The molecule has 3 aliphatic rings. The average molecular weight is 638 g/mol. The van der Waals surface area contributed by atoms with Gasteiger partial charge in [0.1, 0.15) is 24.2 Å². The summed E-state index contributed by atoms with van der Waals surface area (Å²) in [6, 6.07) is -3.99. The number of methoxy groups -OCH3 is 2. The fraction of sp³-hybridized carbons (Fsp3) is 0.806. The maximum Gasteiger partial charge on any atom is 0.407 e. The Balaban J connectivity index is 1.86. The van der Waals surface area contributed by atoms with Crippen LogP contribution in [0.4, 0.5) is 9.59 Å². The maximum atomic E-state index is 14.2. The van der Waals surface area contributed by atoms with E-state index < -0.39 is 59.6 Å². The Morgan fingerprint density at radius 3 is 2.09 bits per heavy atom. The van der Waals surface area contributed by atoms with Crippen molar-refractivity contribution in [1.82, 2.24) is 26.2 Å². The summed E-state index contributed by atoms with van der Waals surface area (Å²) >= 11 is 0. The van der Waals surface area contributed by atoms with E-state index in [2.05, 4.69) is 30.7 Å². The van der Waals surface area contributed by atoms with Gasteiger partial charge in [0.2, 0.25) is 17.7 Å². The van der Waals surface area contributed by atoms with Crippen LogP contribution in [0.2, 0.25) is 0 Å². The van der Waals surface area contributed by atoms with Crippen LogP contribution in [0.5, 0.6) is 0 Å². The summed E-state index contributed by atoms with van der Waals surface area (Å²) in [6.45, 7) is 7.57. The van der Waals surface area contributed by atoms with Crippen molar-refractivity contribution in [2.75, 3.05) is 33.9 Å². The molecule has 0 radical (unpaired) electrons. The van der Waals surface area contributed by atoms with Crippen LogP contribution in [-0.2, 0) is 33.4 Å². The summed E-state index contributed by atoms with van der Waals surface area (Å²) < 4.78 is 14.6. The molecule has 1 aliphatic heterocycles. The molecule has 3 rings (SSSR count). The van der Waals surface area contributed by atoms with Gasteiger partial charge in [0.05, 0.1) is 27.4 Å². The second-order valence-corrected chi connectivity index (χ2v) is 13.3. The van der Waals surface area contributed by atoms with Crippen molar-refractivity contribution in [1.29, 1.82) is 0 Å². The zero-order chi connectivity index (χ0) is 33.3. The van der Waals surface area contributed by atoms with Crippen LogP contribution in [0.25, 0.3) is 0 Å². The highest BCUT2D eigenvalue weighted by Crippen LogP contribution is 2.43. The molecule has 1 unspecified atom stereocenters. The lowest BCUT2D eigenvalue weighted by molar-refractivity contribution is -0.156. The zero-order valence-corrected chi connectivity index (χ0v) is 27.4. The van der Waals surface area contributed by atoms with Crippen LogP contribution in [0.15, 0.2) is 0 Å². The summed E-state index contributed by atoms with van der Waals surface area (Å²) in [4.78, 5) is 80.2. The van der Waals surface area contributed by atoms with Crippen molar-refractivity contribution in [3.05, 3.63) is 0 Å². The Labute approximate surface area is 265 Å². The van der Waals surface area contributed by atoms with Gasteiger partial charge in [-0.3, -0.25) is 14.4 Å². The predicted octanol–water partition coefficient (Wildman–Crippen LogP) is 1.85. The third-order valence-electron chi connectivity index (χ3n) is 9.23. The summed E-state index contributed by atoms with van der Waals surface area (Å²) in [5.74, 6) is -2.02. The molecule has 4 N–H and O–H groups in total. The van der Waals surface area contributed by atoms with Crippen LogP contribution in [0, 0.1) is 23.2 Å². The standard InChI is InChI=1S/C31H51N5O9/c1-7-45-28(40)23-20-15-11-14-19(20)17-36(23)27(39)24(31(2,3)4)35-26(38)22(18-12-9-8-10-13-18)34-25(37)21(33-30(42)44-6)16-32-29(41)43-5/h18-24H,7-17H2,1-6H3,(H,32,41)(H,33,42)(H,34,37)(H,35,38)/t19?,20-,21-,22-,23-,24+/m0/s1. The number of ether oxygens (including phenoxy) is 3. The predicted molar refractivity (Wildman–Crippen MR) is 163 cm³/mol. The van der Waals surface area contributed by atoms with Gasteiger partial charge < -0.3 is 40.4 Å². The summed E-state index contributed by atoms with van der Waals surface area (Å²) in [7, 11) is 2.30. The van der Waals surface area contributed by atoms with Crippen LogP contribution >= 0.6 is 0 Å². The molecular weight excluding hydrogens is 586 g/mol. The molecule has 0 aromatic carbocycles. The Morgan fingerprint density at radius 2 is 1.49 bits per heavy atom. The number of carbonyl (C=O) groups excluding carboxylic acids is 6. The van der Waals surface area contributed by atoms with Gasteiger partial charge in [-0.15, -0.1) is 0 Å². The second kappa shape index (κ2) is 16.1. The van der Waals surface area contributed by atoms with Gasteiger partial charge in [0.25, 0.3) is 0 Å². The summed E-state index contributed by atoms with van der Waals surface area (Å²) in [5.41, 5.74) is -0.732. The highest BCUT2D eigenvalue weighted by atomic mass is 16.5. The van der Waals surface area contributed by atoms with E-state index in [1.165, 1.54) is 0 Å². The number of amides is 5. The average Bonchev–Trinajstić information content (AvgIpc) is 3.61. The van der Waals surface area contributed by atoms with Crippen LogP contribution < -0.4 is 21.3 Å². The molecular formula is C31H51N5O9. The molecule has 14 nitrogen and oxygen atoms in total. The van der Waals surface area contributed by atoms with Crippen molar-refractivity contribution in [3.8, 4) is 0 Å². The van der Waals surface area contributed by atoms with E-state index >= 15 is 0 Å². The molecule has 1 heterocycles. The quantitative estimate of drug-likeness (QED) is 0.194. The number of carbonyl (C=O) groups is 6. The SMILES string of the molecule is CCOC(=O)[C@@H]1[C@H]2CCCC2CN1C(=O)[C@@H](NC(=O)[C@@H](NC(=O)[C@H](CNC(=O)OC)NC(=O)OC)C1CCCCC1)C(C)(C)C. The zero-order valence-electron chi connectivity index (χ0n) is 27.4. The molecule has 0 spiro atoms. The van der Waals surface area contributed by atoms with Crippen LogP contribution in [0.1, 0.15) is 79.1 Å². The molecule has 1 saturated heterocycles. The first-order chi connectivity index (χ1) is 21.3. The van der Waals surface area contributed by atoms with Gasteiger partial charge in [-0.25, -0.2) is 14.4 Å². The second-order valence-electron chi connectivity index (χ2n) is 13.3. The summed E-state index contributed by atoms with van der Waals surface area (Å²) in [5, 5.41) is 10.5. The highest BCUT2D eigenvalue weighted by molar-refractivity contribution is 5.95. The smallest absolute Gasteiger partial charge is 0.407 e. The van der Waals surface area contributed by atoms with Gasteiger partial charge in [-0.05, 0) is 55.8 Å². The van der Waals surface area contributed by atoms with E-state index in [1.54, 1.807) is 11.8 Å². The maximum absolute atomic E-state index is 14.2. The van der Waals surface area contributed by atoms with Crippen LogP contribution in [0.3, 0.4) is 0 Å². The molecule has 3 fully saturated rings. The number of alkyl carbamates (subject to hydrolysis) is 2. The number of likely N-dealkylation sites (tertiary alicyclic amines) is 1. The van der Waals surface area contributed by atoms with E-state index in [0.717, 1.165) is 52.7 Å². The van der Waals surface area contributed by atoms with Gasteiger partial charge in [0.15, 0.2) is 0 Å². The number of hydrogen-bond donors (Lipinski definition) is 4.